The van der Waals surface area contributed by atoms with E-state index in [2.05, 4.69) is 13.1 Å². The van der Waals surface area contributed by atoms with E-state index in [1.807, 2.05) is 4.98 Å². The Morgan fingerprint density at radius 3 is 2.38 bits per heavy atom. The van der Waals surface area contributed by atoms with Crippen LogP contribution in [-0.4, -0.2) is 53.0 Å². The van der Waals surface area contributed by atoms with Gasteiger partial charge in [-0.05, 0) is 6.92 Å². The first-order chi connectivity index (χ1) is 13.1. The smallest absolute Gasteiger partial charge is 0.390 e. The quantitative estimate of drug-likeness (QED) is 0.239. The van der Waals surface area contributed by atoms with Crippen LogP contribution in [0.5, 0.6) is 0 Å². The van der Waals surface area contributed by atoms with Crippen molar-refractivity contribution in [1.29, 1.82) is 0 Å². The Hall–Kier alpha value is -0.990. The molecule has 6 N–H and O–H groups in total. The van der Waals surface area contributed by atoms with Crippen molar-refractivity contribution in [2.24, 2.45) is 0 Å². The highest BCUT2D eigenvalue weighted by atomic mass is 31.3. The average molecular weight is 482 g/mol. The van der Waals surface area contributed by atoms with Crippen molar-refractivity contribution in [3.05, 3.63) is 32.6 Å². The largest absolute Gasteiger partial charge is 0.490 e. The Morgan fingerprint density at radius 2 is 1.79 bits per heavy atom. The summed E-state index contributed by atoms with van der Waals surface area (Å²) in [7, 11) is -16.6. The predicted molar refractivity (Wildman–Crippen MR) is 90.4 cm³/mol. The number of nitrogens with zero attached hydrogens (tertiary/aromatic N) is 1. The molecule has 29 heavy (non-hydrogen) atoms. The van der Waals surface area contributed by atoms with Gasteiger partial charge in [0.25, 0.3) is 5.56 Å². The van der Waals surface area contributed by atoms with Crippen LogP contribution in [0.3, 0.4) is 0 Å². The SMILES string of the molecule is Cc1cn([C@@H]2C[C@H](O)[C@H](COP(=O)(O)OP(=O)(O)OP(=O)(O)O)O2)c(=O)[nH]c1=O. The third kappa shape index (κ3) is 7.03. The lowest BCUT2D eigenvalue weighted by molar-refractivity contribution is -0.0450. The molecule has 1 saturated heterocycles. The number of phosphoric ester groups is 1. The normalized spacial score (nSPS) is 26.8. The zero-order chi connectivity index (χ0) is 22.2. The number of aryl methyl sites for hydroxylation is 1. The van der Waals surface area contributed by atoms with Gasteiger partial charge < -0.3 is 29.4 Å². The molecule has 0 spiro atoms. The molecule has 1 aliphatic heterocycles. The van der Waals surface area contributed by atoms with Crippen molar-refractivity contribution >= 4 is 23.5 Å². The summed E-state index contributed by atoms with van der Waals surface area (Å²) in [6.45, 7) is 0.547. The minimum absolute atomic E-state index is 0.171. The zero-order valence-electron chi connectivity index (χ0n) is 14.4. The standard InChI is InChI=1S/C10H17N2O14P3/c1-5-3-12(10(15)11-9(5)14)8-2-6(13)7(24-8)4-23-28(19,20)26-29(21,22)25-27(16,17)18/h3,6-8,13H,2,4H2,1H3,(H,19,20)(H,21,22)(H,11,14,15)(H2,16,17,18)/t6-,7-,8-/m0/s1. The number of aromatic amines is 1. The second kappa shape index (κ2) is 8.63. The van der Waals surface area contributed by atoms with Gasteiger partial charge in [0.1, 0.15) is 12.3 Å². The molecule has 0 radical (unpaired) electrons. The fourth-order valence-electron chi connectivity index (χ4n) is 2.31. The second-order valence-corrected chi connectivity index (χ2v) is 10.2. The van der Waals surface area contributed by atoms with E-state index >= 15 is 0 Å². The molecule has 5 atom stereocenters. The van der Waals surface area contributed by atoms with Crippen molar-refractivity contribution in [3.8, 4) is 0 Å². The van der Waals surface area contributed by atoms with E-state index < -0.39 is 59.8 Å². The third-order valence-corrected chi connectivity index (χ3v) is 7.28. The molecule has 1 aromatic rings. The first-order valence-electron chi connectivity index (χ1n) is 7.52. The van der Waals surface area contributed by atoms with E-state index in [1.54, 1.807) is 0 Å². The summed E-state index contributed by atoms with van der Waals surface area (Å²) < 4.78 is 51.3. The molecule has 16 nitrogen and oxygen atoms in total. The van der Waals surface area contributed by atoms with E-state index in [4.69, 9.17) is 19.4 Å². The molecular formula is C10H17N2O14P3. The molecule has 0 saturated carbocycles. The number of nitrogens with one attached hydrogen (secondary N) is 1. The number of H-pyrrole nitrogens is 1. The van der Waals surface area contributed by atoms with Crippen LogP contribution in [0.2, 0.25) is 0 Å². The lowest BCUT2D eigenvalue weighted by Gasteiger charge is -2.19. The Labute approximate surface area is 161 Å². The van der Waals surface area contributed by atoms with Crippen LogP contribution < -0.4 is 11.2 Å². The fourth-order valence-corrected chi connectivity index (χ4v) is 5.34. The fraction of sp³-hybridized carbons (Fsp3) is 0.600. The summed E-state index contributed by atoms with van der Waals surface area (Å²) in [6, 6.07) is 0. The summed E-state index contributed by atoms with van der Waals surface area (Å²) in [5, 5.41) is 9.98. The number of aliphatic hydroxyl groups is 1. The Balaban J connectivity index is 2.03. The monoisotopic (exact) mass is 482 g/mol. The van der Waals surface area contributed by atoms with Gasteiger partial charge in [-0.3, -0.25) is 18.9 Å². The molecule has 1 fully saturated rings. The highest BCUT2D eigenvalue weighted by molar-refractivity contribution is 7.66. The maximum absolute atomic E-state index is 11.9. The first-order valence-corrected chi connectivity index (χ1v) is 12.0. The predicted octanol–water partition coefficient (Wildman–Crippen LogP) is -1.16. The number of hydrogen-bond donors (Lipinski definition) is 6. The molecule has 166 valence electrons. The molecule has 0 aliphatic carbocycles. The van der Waals surface area contributed by atoms with Gasteiger partial charge in [0, 0.05) is 18.2 Å². The van der Waals surface area contributed by atoms with Gasteiger partial charge >= 0.3 is 29.2 Å². The van der Waals surface area contributed by atoms with Crippen molar-refractivity contribution in [2.45, 2.75) is 31.8 Å². The van der Waals surface area contributed by atoms with E-state index in [-0.39, 0.29) is 12.0 Å². The lowest BCUT2D eigenvalue weighted by atomic mass is 10.2. The number of hydrogen-bond acceptors (Lipinski definition) is 10. The molecule has 19 heteroatoms. The molecular weight excluding hydrogens is 465 g/mol. The van der Waals surface area contributed by atoms with Gasteiger partial charge in [-0.1, -0.05) is 0 Å². The molecule has 2 unspecified atom stereocenters. The molecule has 0 aromatic carbocycles. The van der Waals surface area contributed by atoms with Gasteiger partial charge in [0.15, 0.2) is 0 Å². The Bertz CT molecular complexity index is 1010. The molecule has 1 aromatic heterocycles. The van der Waals surface area contributed by atoms with Crippen LogP contribution >= 0.6 is 23.5 Å². The van der Waals surface area contributed by atoms with Crippen molar-refractivity contribution < 1.29 is 56.3 Å². The van der Waals surface area contributed by atoms with E-state index in [0.29, 0.717) is 0 Å². The van der Waals surface area contributed by atoms with Crippen molar-refractivity contribution in [1.82, 2.24) is 9.55 Å². The van der Waals surface area contributed by atoms with Crippen LogP contribution in [0, 0.1) is 6.92 Å². The summed E-state index contributed by atoms with van der Waals surface area (Å²) in [4.78, 5) is 60.6. The highest BCUT2D eigenvalue weighted by Crippen LogP contribution is 2.66. The van der Waals surface area contributed by atoms with E-state index in [9.17, 15) is 33.3 Å². The number of rotatable bonds is 8. The summed E-state index contributed by atoms with van der Waals surface area (Å²) >= 11 is 0. The molecule has 0 amide bonds. The topological polar surface area (TPSA) is 244 Å². The molecule has 2 rings (SSSR count). The zero-order valence-corrected chi connectivity index (χ0v) is 17.1. The summed E-state index contributed by atoms with van der Waals surface area (Å²) in [6.07, 6.45) is -2.67. The van der Waals surface area contributed by atoms with Gasteiger partial charge in [0.05, 0.1) is 12.7 Å². The van der Waals surface area contributed by atoms with Crippen molar-refractivity contribution in [3.63, 3.8) is 0 Å². The van der Waals surface area contributed by atoms with Gasteiger partial charge in [0.2, 0.25) is 0 Å². The maximum Gasteiger partial charge on any atom is 0.490 e. The van der Waals surface area contributed by atoms with E-state index in [0.717, 1.165) is 4.57 Å². The third-order valence-electron chi connectivity index (χ3n) is 3.48. The van der Waals surface area contributed by atoms with Gasteiger partial charge in [-0.25, -0.2) is 18.5 Å². The molecule has 2 heterocycles. The lowest BCUT2D eigenvalue weighted by Crippen LogP contribution is -2.33. The molecule has 1 aliphatic rings. The minimum atomic E-state index is -5.67. The van der Waals surface area contributed by atoms with Gasteiger partial charge in [-0.15, -0.1) is 0 Å². The Kier molecular flexibility index (Phi) is 7.23. The highest BCUT2D eigenvalue weighted by Gasteiger charge is 2.42. The molecule has 0 bridgehead atoms. The maximum atomic E-state index is 11.9. The van der Waals surface area contributed by atoms with Gasteiger partial charge in [-0.2, -0.15) is 8.62 Å². The minimum Gasteiger partial charge on any atom is -0.390 e. The number of phosphoric acid groups is 3. The van der Waals surface area contributed by atoms with Crippen LogP contribution in [0.1, 0.15) is 18.2 Å². The number of aromatic nitrogens is 2. The summed E-state index contributed by atoms with van der Waals surface area (Å²) in [5.74, 6) is 0. The number of ether oxygens (including phenoxy) is 1. The van der Waals surface area contributed by atoms with Crippen LogP contribution in [0.25, 0.3) is 0 Å². The second-order valence-electron chi connectivity index (χ2n) is 5.80. The van der Waals surface area contributed by atoms with Crippen molar-refractivity contribution in [2.75, 3.05) is 6.61 Å². The van der Waals surface area contributed by atoms with Crippen LogP contribution in [0.4, 0.5) is 0 Å². The van der Waals surface area contributed by atoms with E-state index in [1.165, 1.54) is 13.1 Å². The first kappa shape index (κ1) is 24.3. The Morgan fingerprint density at radius 1 is 1.17 bits per heavy atom. The van der Waals surface area contributed by atoms with Crippen LogP contribution in [0.15, 0.2) is 15.8 Å². The number of aliphatic hydroxyl groups excluding tert-OH is 1. The summed E-state index contributed by atoms with van der Waals surface area (Å²) in [5.41, 5.74) is -1.26. The average Bonchev–Trinajstić information content (AvgIpc) is 2.86. The van der Waals surface area contributed by atoms with Crippen LogP contribution in [-0.2, 0) is 31.6 Å².